The fourth-order valence-electron chi connectivity index (χ4n) is 2.44. The molecule has 0 spiro atoms. The maximum absolute atomic E-state index is 4.29. The average molecular weight is 298 g/mol. The smallest absolute Gasteiger partial charge is 0.243 e. The van der Waals surface area contributed by atoms with Crippen molar-refractivity contribution in [2.45, 2.75) is 32.6 Å². The summed E-state index contributed by atoms with van der Waals surface area (Å²) in [7, 11) is 0. The van der Waals surface area contributed by atoms with Crippen molar-refractivity contribution in [2.75, 3.05) is 5.43 Å². The van der Waals surface area contributed by atoms with Gasteiger partial charge in [-0.3, -0.25) is 0 Å². The van der Waals surface area contributed by atoms with Crippen LogP contribution in [0.3, 0.4) is 0 Å². The zero-order chi connectivity index (χ0) is 14.7. The van der Waals surface area contributed by atoms with Crippen molar-refractivity contribution in [1.29, 1.82) is 0 Å². The Labute approximate surface area is 128 Å². The van der Waals surface area contributed by atoms with Gasteiger partial charge in [0.1, 0.15) is 0 Å². The molecule has 1 atom stereocenters. The highest BCUT2D eigenvalue weighted by atomic mass is 32.1. The van der Waals surface area contributed by atoms with E-state index in [-0.39, 0.29) is 0 Å². The number of nitrogens with one attached hydrogen (secondary N) is 1. The molecule has 3 rings (SSSR count). The summed E-state index contributed by atoms with van der Waals surface area (Å²) in [6.07, 6.45) is 8.81. The summed E-state index contributed by atoms with van der Waals surface area (Å²) in [5.41, 5.74) is 4.77. The van der Waals surface area contributed by atoms with E-state index in [0.717, 1.165) is 16.3 Å². The van der Waals surface area contributed by atoms with Crippen molar-refractivity contribution in [3.63, 3.8) is 0 Å². The van der Waals surface area contributed by atoms with E-state index < -0.39 is 0 Å². The van der Waals surface area contributed by atoms with E-state index in [9.17, 15) is 0 Å². The van der Waals surface area contributed by atoms with Crippen LogP contribution in [0.25, 0.3) is 0 Å². The maximum Gasteiger partial charge on any atom is 0.243 e. The standard InChI is InChI=1S/C16H18N4S/c1-11-9-12(2)19-16(18-11)20-17-10-14-7-8-15(21-14)13-5-3-4-6-13/h3,5,7-10,13H,4,6H2,1-2H3,(H,18,19,20)/b17-10+. The first-order valence-corrected chi connectivity index (χ1v) is 7.90. The van der Waals surface area contributed by atoms with Gasteiger partial charge in [-0.1, -0.05) is 12.2 Å². The lowest BCUT2D eigenvalue weighted by molar-refractivity contribution is 0.815. The Bertz CT molecular complexity index is 667. The fourth-order valence-corrected chi connectivity index (χ4v) is 3.43. The number of hydrazone groups is 1. The minimum absolute atomic E-state index is 0.541. The lowest BCUT2D eigenvalue weighted by Gasteiger charge is -2.02. The molecule has 0 saturated carbocycles. The van der Waals surface area contributed by atoms with Crippen LogP contribution in [0.2, 0.25) is 0 Å². The normalized spacial score (nSPS) is 17.7. The molecule has 0 aliphatic heterocycles. The molecule has 0 bridgehead atoms. The summed E-state index contributed by atoms with van der Waals surface area (Å²) < 4.78 is 0. The molecular formula is C16H18N4S. The van der Waals surface area contributed by atoms with Gasteiger partial charge < -0.3 is 0 Å². The van der Waals surface area contributed by atoms with Crippen molar-refractivity contribution >= 4 is 23.5 Å². The number of rotatable bonds is 4. The first-order valence-electron chi connectivity index (χ1n) is 7.08. The van der Waals surface area contributed by atoms with Gasteiger partial charge in [-0.2, -0.15) is 5.10 Å². The topological polar surface area (TPSA) is 50.2 Å². The summed E-state index contributed by atoms with van der Waals surface area (Å²) in [5, 5.41) is 4.23. The third-order valence-electron chi connectivity index (χ3n) is 3.36. The molecule has 5 heteroatoms. The minimum Gasteiger partial charge on any atom is -0.245 e. The summed E-state index contributed by atoms with van der Waals surface area (Å²) in [6.45, 7) is 3.90. The monoisotopic (exact) mass is 298 g/mol. The summed E-state index contributed by atoms with van der Waals surface area (Å²) in [6, 6.07) is 6.24. The lowest BCUT2D eigenvalue weighted by Crippen LogP contribution is -1.99. The van der Waals surface area contributed by atoms with Crippen LogP contribution in [0.15, 0.2) is 35.5 Å². The third kappa shape index (κ3) is 3.55. The largest absolute Gasteiger partial charge is 0.245 e. The van der Waals surface area contributed by atoms with Crippen LogP contribution in [0.5, 0.6) is 0 Å². The van der Waals surface area contributed by atoms with Gasteiger partial charge in [0.15, 0.2) is 0 Å². The van der Waals surface area contributed by atoms with Crippen molar-refractivity contribution in [3.05, 3.63) is 51.5 Å². The van der Waals surface area contributed by atoms with Gasteiger partial charge in [0.2, 0.25) is 5.95 Å². The predicted molar refractivity (Wildman–Crippen MR) is 88.2 cm³/mol. The van der Waals surface area contributed by atoms with Gasteiger partial charge in [0.05, 0.1) is 6.21 Å². The number of aryl methyl sites for hydroxylation is 2. The molecule has 0 saturated heterocycles. The molecular weight excluding hydrogens is 280 g/mol. The summed E-state index contributed by atoms with van der Waals surface area (Å²) >= 11 is 1.79. The van der Waals surface area contributed by atoms with E-state index in [1.54, 1.807) is 11.3 Å². The molecule has 1 unspecified atom stereocenters. The number of hydrogen-bond acceptors (Lipinski definition) is 5. The number of anilines is 1. The SMILES string of the molecule is Cc1cc(C)nc(N/N=C/c2ccc(C3C=CCC3)s2)n1. The van der Waals surface area contributed by atoms with Crippen LogP contribution in [0, 0.1) is 13.8 Å². The van der Waals surface area contributed by atoms with Crippen LogP contribution in [0.4, 0.5) is 5.95 Å². The molecule has 0 radical (unpaired) electrons. The minimum atomic E-state index is 0.541. The Hall–Kier alpha value is -2.01. The predicted octanol–water partition coefficient (Wildman–Crippen LogP) is 4.03. The van der Waals surface area contributed by atoms with Gasteiger partial charge >= 0.3 is 0 Å². The molecule has 0 aromatic carbocycles. The Balaban J connectivity index is 1.64. The van der Waals surface area contributed by atoms with Crippen molar-refractivity contribution in [2.24, 2.45) is 5.10 Å². The second-order valence-corrected chi connectivity index (χ2v) is 6.34. The molecule has 21 heavy (non-hydrogen) atoms. The molecule has 0 fully saturated rings. The quantitative estimate of drug-likeness (QED) is 0.526. The van der Waals surface area contributed by atoms with E-state index in [0.29, 0.717) is 11.9 Å². The molecule has 108 valence electrons. The van der Waals surface area contributed by atoms with Crippen LogP contribution in [0.1, 0.15) is 39.9 Å². The van der Waals surface area contributed by atoms with Gasteiger partial charge in [0, 0.05) is 27.1 Å². The fraction of sp³-hybridized carbons (Fsp3) is 0.312. The molecule has 2 heterocycles. The average Bonchev–Trinajstić information content (AvgIpc) is 3.08. The molecule has 0 amide bonds. The zero-order valence-electron chi connectivity index (χ0n) is 12.2. The van der Waals surface area contributed by atoms with E-state index in [1.165, 1.54) is 17.7 Å². The third-order valence-corrected chi connectivity index (χ3v) is 4.52. The Morgan fingerprint density at radius 2 is 2.10 bits per heavy atom. The molecule has 2 aromatic heterocycles. The number of nitrogens with zero attached hydrogens (tertiary/aromatic N) is 3. The number of allylic oxidation sites excluding steroid dienone is 2. The summed E-state index contributed by atoms with van der Waals surface area (Å²) in [4.78, 5) is 11.1. The van der Waals surface area contributed by atoms with Gasteiger partial charge in [0.25, 0.3) is 0 Å². The number of thiophene rings is 1. The number of aromatic nitrogens is 2. The Kier molecular flexibility index (Phi) is 4.10. The van der Waals surface area contributed by atoms with Gasteiger partial charge in [-0.15, -0.1) is 11.3 Å². The van der Waals surface area contributed by atoms with Gasteiger partial charge in [-0.25, -0.2) is 15.4 Å². The van der Waals surface area contributed by atoms with Crippen LogP contribution < -0.4 is 5.43 Å². The van der Waals surface area contributed by atoms with Crippen molar-refractivity contribution in [1.82, 2.24) is 9.97 Å². The first-order chi connectivity index (χ1) is 10.2. The maximum atomic E-state index is 4.29. The van der Waals surface area contributed by atoms with Crippen molar-refractivity contribution in [3.8, 4) is 0 Å². The van der Waals surface area contributed by atoms with E-state index >= 15 is 0 Å². The summed E-state index contributed by atoms with van der Waals surface area (Å²) in [5.74, 6) is 1.13. The highest BCUT2D eigenvalue weighted by Gasteiger charge is 2.13. The molecule has 1 aliphatic carbocycles. The van der Waals surface area contributed by atoms with E-state index in [4.69, 9.17) is 0 Å². The Morgan fingerprint density at radius 3 is 2.81 bits per heavy atom. The highest BCUT2D eigenvalue weighted by molar-refractivity contribution is 7.13. The first kappa shape index (κ1) is 13.9. The molecule has 1 aliphatic rings. The molecule has 2 aromatic rings. The van der Waals surface area contributed by atoms with E-state index in [1.807, 2.05) is 26.1 Å². The van der Waals surface area contributed by atoms with Gasteiger partial charge in [-0.05, 0) is 44.9 Å². The zero-order valence-corrected chi connectivity index (χ0v) is 13.0. The van der Waals surface area contributed by atoms with Crippen LogP contribution >= 0.6 is 11.3 Å². The van der Waals surface area contributed by atoms with Crippen molar-refractivity contribution < 1.29 is 0 Å². The Morgan fingerprint density at radius 1 is 1.29 bits per heavy atom. The van der Waals surface area contributed by atoms with E-state index in [2.05, 4.69) is 44.8 Å². The highest BCUT2D eigenvalue weighted by Crippen LogP contribution is 2.32. The lowest BCUT2D eigenvalue weighted by atomic mass is 10.1. The van der Waals surface area contributed by atoms with Crippen LogP contribution in [-0.4, -0.2) is 16.2 Å². The molecule has 4 nitrogen and oxygen atoms in total. The number of hydrogen-bond donors (Lipinski definition) is 1. The second kappa shape index (κ2) is 6.18. The second-order valence-electron chi connectivity index (χ2n) is 5.20. The molecule has 1 N–H and O–H groups in total. The van der Waals surface area contributed by atoms with Crippen LogP contribution in [-0.2, 0) is 0 Å².